The maximum atomic E-state index is 13.5. The fraction of sp³-hybridized carbons (Fsp3) is 0.488. The van der Waals surface area contributed by atoms with Gasteiger partial charge >= 0.3 is 24.1 Å². The van der Waals surface area contributed by atoms with Gasteiger partial charge in [0.15, 0.2) is 0 Å². The van der Waals surface area contributed by atoms with E-state index in [0.29, 0.717) is 16.3 Å². The fourth-order valence-corrected chi connectivity index (χ4v) is 6.00. The molecule has 3 rings (SSSR count). The fourth-order valence-electron chi connectivity index (χ4n) is 4.70. The Morgan fingerprint density at radius 2 is 1.44 bits per heavy atom. The highest BCUT2D eigenvalue weighted by Gasteiger charge is 2.26. The van der Waals surface area contributed by atoms with Gasteiger partial charge in [-0.2, -0.15) is 0 Å². The quantitative estimate of drug-likeness (QED) is 0.0657. The summed E-state index contributed by atoms with van der Waals surface area (Å²) in [5.41, 5.74) is -0.394. The molecule has 0 radical (unpaired) electrons. The highest BCUT2D eigenvalue weighted by Crippen LogP contribution is 2.27. The van der Waals surface area contributed by atoms with Crippen molar-refractivity contribution >= 4 is 64.6 Å². The molecule has 0 bridgehead atoms. The molecule has 2 N–H and O–H groups in total. The van der Waals surface area contributed by atoms with Gasteiger partial charge in [0.1, 0.15) is 34.1 Å². The lowest BCUT2D eigenvalue weighted by atomic mass is 9.93. The van der Waals surface area contributed by atoms with Gasteiger partial charge in [0.05, 0.1) is 17.8 Å². The molecule has 0 aliphatic carbocycles. The van der Waals surface area contributed by atoms with E-state index >= 15 is 0 Å². The zero-order valence-electron chi connectivity index (χ0n) is 34.7. The number of benzene rings is 2. The smallest absolute Gasteiger partial charge is 0.437 e. The van der Waals surface area contributed by atoms with Crippen LogP contribution in [0.25, 0.3) is 0 Å². The molecule has 0 unspecified atom stereocenters. The molecule has 310 valence electrons. The van der Waals surface area contributed by atoms with Crippen molar-refractivity contribution in [2.24, 2.45) is 4.99 Å². The van der Waals surface area contributed by atoms with Crippen molar-refractivity contribution in [1.29, 1.82) is 0 Å². The number of guanidine groups is 1. The number of esters is 2. The number of thiazole rings is 1. The van der Waals surface area contributed by atoms with Crippen molar-refractivity contribution in [2.45, 2.75) is 125 Å². The summed E-state index contributed by atoms with van der Waals surface area (Å²) in [6, 6.07) is 10.7. The number of rotatable bonds is 10. The Labute approximate surface area is 343 Å². The van der Waals surface area contributed by atoms with Crippen molar-refractivity contribution in [1.82, 2.24) is 15.2 Å². The number of aliphatic imine (C=N–C) groups is 1. The van der Waals surface area contributed by atoms with Crippen LogP contribution in [-0.2, 0) is 42.2 Å². The monoisotopic (exact) mass is 827 g/mol. The molecule has 16 heteroatoms. The van der Waals surface area contributed by atoms with Gasteiger partial charge in [-0.25, -0.2) is 19.4 Å². The maximum absolute atomic E-state index is 13.5. The summed E-state index contributed by atoms with van der Waals surface area (Å²) in [6.45, 7) is 21.5. The van der Waals surface area contributed by atoms with E-state index in [-0.39, 0.29) is 59.5 Å². The summed E-state index contributed by atoms with van der Waals surface area (Å²) < 4.78 is 21.6. The van der Waals surface area contributed by atoms with Crippen LogP contribution < -0.4 is 15.4 Å². The first-order chi connectivity index (χ1) is 26.2. The molecule has 0 aliphatic rings. The van der Waals surface area contributed by atoms with Crippen molar-refractivity contribution in [3.8, 4) is 5.75 Å². The molecule has 0 aliphatic heterocycles. The molecule has 0 spiro atoms. The van der Waals surface area contributed by atoms with Crippen LogP contribution >= 0.6 is 22.9 Å². The van der Waals surface area contributed by atoms with Gasteiger partial charge in [0, 0.05) is 27.9 Å². The predicted molar refractivity (Wildman–Crippen MR) is 220 cm³/mol. The Hall–Kier alpha value is -5.02. The topological polar surface area (TPSA) is 175 Å². The zero-order chi connectivity index (χ0) is 42.9. The van der Waals surface area contributed by atoms with Crippen LogP contribution in [-0.4, -0.2) is 69.2 Å². The number of hydrogen-bond donors (Lipinski definition) is 2. The minimum Gasteiger partial charge on any atom is -0.459 e. The molecule has 14 nitrogen and oxygen atoms in total. The van der Waals surface area contributed by atoms with Crippen molar-refractivity contribution < 1.29 is 42.9 Å². The van der Waals surface area contributed by atoms with Gasteiger partial charge in [0.25, 0.3) is 0 Å². The number of halogens is 1. The van der Waals surface area contributed by atoms with E-state index in [4.69, 9.17) is 35.5 Å². The van der Waals surface area contributed by atoms with Crippen LogP contribution in [0.1, 0.15) is 116 Å². The number of aromatic nitrogens is 1. The Morgan fingerprint density at radius 1 is 0.825 bits per heavy atom. The third-order valence-corrected chi connectivity index (χ3v) is 8.37. The SMILES string of the molecule is CC(C)(C)OC(=O)CN(Cc1nc(C(C)(C)C)cs1)C(=O)CCc1ccc(OC(=O)c2ccc(N/C(=N\C(=O)OC(C)(C)C)NC(=O)OC(C)(C)C)cc2)cc1Cl. The van der Waals surface area contributed by atoms with Crippen LogP contribution in [0.15, 0.2) is 52.8 Å². The summed E-state index contributed by atoms with van der Waals surface area (Å²) in [5.74, 6) is -1.55. The van der Waals surface area contributed by atoms with Crippen molar-refractivity contribution in [3.63, 3.8) is 0 Å². The molecule has 0 saturated heterocycles. The number of alkyl carbamates (subject to hydrolysis) is 1. The first kappa shape index (κ1) is 46.4. The second-order valence-corrected chi connectivity index (χ2v) is 18.5. The largest absolute Gasteiger partial charge is 0.459 e. The number of hydrogen-bond acceptors (Lipinski definition) is 11. The highest BCUT2D eigenvalue weighted by atomic mass is 35.5. The number of nitrogens with one attached hydrogen (secondary N) is 2. The maximum Gasteiger partial charge on any atom is 0.437 e. The summed E-state index contributed by atoms with van der Waals surface area (Å²) in [6.07, 6.45) is -1.48. The third kappa shape index (κ3) is 16.9. The Balaban J connectivity index is 1.67. The van der Waals surface area contributed by atoms with Crippen LogP contribution in [0.3, 0.4) is 0 Å². The molecule has 0 atom stereocenters. The Morgan fingerprint density at radius 3 is 1.98 bits per heavy atom. The van der Waals surface area contributed by atoms with E-state index in [2.05, 4.69) is 36.4 Å². The van der Waals surface area contributed by atoms with Crippen molar-refractivity contribution in [3.05, 3.63) is 74.7 Å². The molecular formula is C41H54ClN5O9S. The van der Waals surface area contributed by atoms with Crippen LogP contribution in [0.2, 0.25) is 5.02 Å². The minimum absolute atomic E-state index is 0.0526. The van der Waals surface area contributed by atoms with Crippen molar-refractivity contribution in [2.75, 3.05) is 11.9 Å². The van der Waals surface area contributed by atoms with E-state index in [1.54, 1.807) is 74.4 Å². The minimum atomic E-state index is -0.945. The number of carbonyl (C=O) groups excluding carboxylic acids is 5. The molecule has 57 heavy (non-hydrogen) atoms. The van der Waals surface area contributed by atoms with Gasteiger partial charge in [-0.3, -0.25) is 14.9 Å². The van der Waals surface area contributed by atoms with E-state index < -0.39 is 40.9 Å². The van der Waals surface area contributed by atoms with Gasteiger partial charge in [-0.05, 0) is 111 Å². The lowest BCUT2D eigenvalue weighted by Gasteiger charge is -2.25. The van der Waals surface area contributed by atoms with E-state index in [1.165, 1.54) is 46.6 Å². The van der Waals surface area contributed by atoms with E-state index in [0.717, 1.165) is 5.69 Å². The van der Waals surface area contributed by atoms with Crippen LogP contribution in [0.4, 0.5) is 15.3 Å². The molecular weight excluding hydrogens is 774 g/mol. The predicted octanol–water partition coefficient (Wildman–Crippen LogP) is 8.84. The van der Waals surface area contributed by atoms with E-state index in [9.17, 15) is 24.0 Å². The third-order valence-electron chi connectivity index (χ3n) is 7.18. The summed E-state index contributed by atoms with van der Waals surface area (Å²) in [5, 5.41) is 8.17. The number of nitrogens with zero attached hydrogens (tertiary/aromatic N) is 3. The molecule has 0 saturated carbocycles. The van der Waals surface area contributed by atoms with Crippen LogP contribution in [0, 0.1) is 0 Å². The highest BCUT2D eigenvalue weighted by molar-refractivity contribution is 7.09. The van der Waals surface area contributed by atoms with Gasteiger partial charge in [0.2, 0.25) is 11.9 Å². The summed E-state index contributed by atoms with van der Waals surface area (Å²) in [7, 11) is 0. The normalized spacial score (nSPS) is 12.3. The van der Waals surface area contributed by atoms with E-state index in [1.807, 2.05) is 5.38 Å². The van der Waals surface area contributed by atoms with Gasteiger partial charge in [-0.15, -0.1) is 16.3 Å². The second-order valence-electron chi connectivity index (χ2n) is 17.1. The number of amides is 3. The molecule has 3 amide bonds. The average Bonchev–Trinajstić information content (AvgIpc) is 3.51. The molecule has 1 heterocycles. The summed E-state index contributed by atoms with van der Waals surface area (Å²) in [4.78, 5) is 74.1. The molecule has 1 aromatic heterocycles. The second kappa shape index (κ2) is 18.9. The number of aryl methyl sites for hydroxylation is 1. The first-order valence-electron chi connectivity index (χ1n) is 18.3. The number of ether oxygens (including phenoxy) is 4. The molecule has 2 aromatic carbocycles. The number of carbonyl (C=O) groups is 5. The first-order valence-corrected chi connectivity index (χ1v) is 19.6. The molecule has 3 aromatic rings. The Kier molecular flexibility index (Phi) is 15.4. The lowest BCUT2D eigenvalue weighted by molar-refractivity contribution is -0.159. The van der Waals surface area contributed by atoms with Crippen LogP contribution in [0.5, 0.6) is 5.75 Å². The lowest BCUT2D eigenvalue weighted by Crippen LogP contribution is -2.40. The number of anilines is 1. The Bertz CT molecular complexity index is 1950. The van der Waals surface area contributed by atoms with Gasteiger partial charge < -0.3 is 29.2 Å². The average molecular weight is 828 g/mol. The van der Waals surface area contributed by atoms with Gasteiger partial charge in [-0.1, -0.05) is 38.4 Å². The standard InChI is InChI=1S/C41H54ClN5O9S/c1-38(2,3)30-24-57-31(44-30)22-47(23-33(49)54-39(4,5)6)32(48)20-16-25-15-19-28(21-29(25)42)53-34(50)26-13-17-27(18-14-26)43-35(45-36(51)55-40(7,8)9)46-37(52)56-41(10,11)12/h13-15,17-19,21,24H,16,20,22-23H2,1-12H3,(H2,43,45,46,51,52). The summed E-state index contributed by atoms with van der Waals surface area (Å²) >= 11 is 8.01. The molecule has 0 fully saturated rings. The zero-order valence-corrected chi connectivity index (χ0v) is 36.3.